The maximum absolute atomic E-state index is 12.9. The van der Waals surface area contributed by atoms with E-state index >= 15 is 0 Å². The zero-order valence-electron chi connectivity index (χ0n) is 14.8. The molecule has 7 heteroatoms. The number of hydrogen-bond acceptors (Lipinski definition) is 3. The number of urea groups is 1. The normalized spacial score (nSPS) is 18.5. The van der Waals surface area contributed by atoms with Gasteiger partial charge in [-0.25, -0.2) is 9.18 Å². The van der Waals surface area contributed by atoms with Crippen molar-refractivity contribution in [1.29, 1.82) is 0 Å². The summed E-state index contributed by atoms with van der Waals surface area (Å²) < 4.78 is 12.9. The Morgan fingerprint density at radius 1 is 1.28 bits per heavy atom. The first-order valence-corrected chi connectivity index (χ1v) is 8.75. The molecule has 1 saturated heterocycles. The predicted octanol–water partition coefficient (Wildman–Crippen LogP) is 1.52. The van der Waals surface area contributed by atoms with Crippen molar-refractivity contribution in [2.24, 2.45) is 5.92 Å². The summed E-state index contributed by atoms with van der Waals surface area (Å²) in [5, 5.41) is 11.7. The summed E-state index contributed by atoms with van der Waals surface area (Å²) in [5.74, 6) is -0.518. The van der Waals surface area contributed by atoms with Gasteiger partial charge >= 0.3 is 6.03 Å². The van der Waals surface area contributed by atoms with E-state index in [0.29, 0.717) is 0 Å². The van der Waals surface area contributed by atoms with Gasteiger partial charge in [0.1, 0.15) is 11.9 Å². The van der Waals surface area contributed by atoms with Gasteiger partial charge in [-0.1, -0.05) is 26.0 Å². The summed E-state index contributed by atoms with van der Waals surface area (Å²) in [7, 11) is 0. The topological polar surface area (TPSA) is 82.3 Å². The van der Waals surface area contributed by atoms with Gasteiger partial charge in [-0.3, -0.25) is 4.79 Å². The highest BCUT2D eigenvalue weighted by atomic mass is 19.1. The number of hydrogen-bond donors (Lipinski definition) is 4. The third-order valence-electron chi connectivity index (χ3n) is 4.25. The Labute approximate surface area is 147 Å². The lowest BCUT2D eigenvalue weighted by Crippen LogP contribution is -2.56. The van der Waals surface area contributed by atoms with Gasteiger partial charge in [0, 0.05) is 19.1 Å². The minimum Gasteiger partial charge on any atom is -0.350 e. The fourth-order valence-electron chi connectivity index (χ4n) is 2.78. The number of benzene rings is 1. The number of nitrogens with one attached hydrogen (secondary N) is 4. The molecule has 1 aliphatic rings. The van der Waals surface area contributed by atoms with Crippen LogP contribution in [0.4, 0.5) is 9.18 Å². The molecule has 3 amide bonds. The summed E-state index contributed by atoms with van der Waals surface area (Å²) in [4.78, 5) is 24.6. The highest BCUT2D eigenvalue weighted by Gasteiger charge is 2.26. The smallest absolute Gasteiger partial charge is 0.315 e. The van der Waals surface area contributed by atoms with Crippen molar-refractivity contribution in [3.63, 3.8) is 0 Å². The van der Waals surface area contributed by atoms with Gasteiger partial charge in [-0.2, -0.15) is 0 Å². The van der Waals surface area contributed by atoms with Crippen molar-refractivity contribution in [2.45, 2.75) is 45.3 Å². The molecule has 138 valence electrons. The molecule has 0 bridgehead atoms. The SMILES string of the molecule is CC(C)C(NC(=O)NCc1ccc(F)cc1)C(=O)N[C@H]1CCCNC1. The van der Waals surface area contributed by atoms with E-state index in [4.69, 9.17) is 0 Å². The predicted molar refractivity (Wildman–Crippen MR) is 94.4 cm³/mol. The summed E-state index contributed by atoms with van der Waals surface area (Å²) in [5.41, 5.74) is 0.787. The number of halogens is 1. The van der Waals surface area contributed by atoms with Crippen LogP contribution in [0, 0.1) is 11.7 Å². The minimum atomic E-state index is -0.602. The summed E-state index contributed by atoms with van der Waals surface area (Å²) in [6.07, 6.45) is 1.98. The van der Waals surface area contributed by atoms with Crippen LogP contribution in [0.15, 0.2) is 24.3 Å². The lowest BCUT2D eigenvalue weighted by Gasteiger charge is -2.28. The van der Waals surface area contributed by atoms with Crippen LogP contribution in [0.2, 0.25) is 0 Å². The van der Waals surface area contributed by atoms with Crippen LogP contribution in [0.3, 0.4) is 0 Å². The highest BCUT2D eigenvalue weighted by molar-refractivity contribution is 5.87. The second-order valence-electron chi connectivity index (χ2n) is 6.73. The van der Waals surface area contributed by atoms with Crippen LogP contribution in [0.25, 0.3) is 0 Å². The Bertz CT molecular complexity index is 571. The Balaban J connectivity index is 1.83. The molecule has 25 heavy (non-hydrogen) atoms. The Morgan fingerprint density at radius 3 is 2.60 bits per heavy atom. The maximum atomic E-state index is 12.9. The van der Waals surface area contributed by atoms with E-state index in [1.165, 1.54) is 12.1 Å². The molecular weight excluding hydrogens is 323 g/mol. The molecule has 2 atom stereocenters. The van der Waals surface area contributed by atoms with Crippen molar-refractivity contribution < 1.29 is 14.0 Å². The van der Waals surface area contributed by atoms with E-state index in [2.05, 4.69) is 21.3 Å². The van der Waals surface area contributed by atoms with Gasteiger partial charge in [0.05, 0.1) is 0 Å². The lowest BCUT2D eigenvalue weighted by molar-refractivity contribution is -0.124. The standard InChI is InChI=1S/C18H27FN4O2/c1-12(2)16(17(24)22-15-4-3-9-20-11-15)23-18(25)21-10-13-5-7-14(19)8-6-13/h5-8,12,15-16,20H,3-4,9-11H2,1-2H3,(H,22,24)(H2,21,23,25)/t15-,16?/m0/s1. The largest absolute Gasteiger partial charge is 0.350 e. The van der Waals surface area contributed by atoms with Crippen molar-refractivity contribution in [3.05, 3.63) is 35.6 Å². The van der Waals surface area contributed by atoms with Crippen LogP contribution in [0.5, 0.6) is 0 Å². The van der Waals surface area contributed by atoms with Gasteiger partial charge in [0.15, 0.2) is 0 Å². The number of rotatable bonds is 6. The zero-order valence-corrected chi connectivity index (χ0v) is 14.8. The molecule has 0 aliphatic carbocycles. The second kappa shape index (κ2) is 9.36. The van der Waals surface area contributed by atoms with Gasteiger partial charge in [0.2, 0.25) is 5.91 Å². The first-order chi connectivity index (χ1) is 12.0. The third kappa shape index (κ3) is 6.34. The molecule has 1 unspecified atom stereocenters. The van der Waals surface area contributed by atoms with Crippen LogP contribution < -0.4 is 21.3 Å². The molecule has 0 radical (unpaired) electrons. The molecule has 1 fully saturated rings. The van der Waals surface area contributed by atoms with Crippen LogP contribution in [0.1, 0.15) is 32.3 Å². The molecule has 2 rings (SSSR count). The first-order valence-electron chi connectivity index (χ1n) is 8.75. The average molecular weight is 350 g/mol. The van der Waals surface area contributed by atoms with Crippen molar-refractivity contribution in [2.75, 3.05) is 13.1 Å². The minimum absolute atomic E-state index is 0.0341. The van der Waals surface area contributed by atoms with E-state index in [-0.39, 0.29) is 30.2 Å². The Kier molecular flexibility index (Phi) is 7.18. The van der Waals surface area contributed by atoms with Crippen molar-refractivity contribution >= 4 is 11.9 Å². The second-order valence-corrected chi connectivity index (χ2v) is 6.73. The third-order valence-corrected chi connectivity index (χ3v) is 4.25. The van der Waals surface area contributed by atoms with Crippen LogP contribution in [-0.2, 0) is 11.3 Å². The van der Waals surface area contributed by atoms with E-state index in [1.807, 2.05) is 13.8 Å². The van der Waals surface area contributed by atoms with Crippen molar-refractivity contribution in [3.8, 4) is 0 Å². The molecule has 4 N–H and O–H groups in total. The van der Waals surface area contributed by atoms with Gasteiger partial charge in [-0.05, 0) is 43.0 Å². The lowest BCUT2D eigenvalue weighted by atomic mass is 10.0. The zero-order chi connectivity index (χ0) is 18.2. The summed E-state index contributed by atoms with van der Waals surface area (Å²) >= 11 is 0. The number of carbonyl (C=O) groups excluding carboxylic acids is 2. The van der Waals surface area contributed by atoms with E-state index in [0.717, 1.165) is 31.5 Å². The molecule has 6 nitrogen and oxygen atoms in total. The molecule has 1 aromatic rings. The molecule has 0 aromatic heterocycles. The summed E-state index contributed by atoms with van der Waals surface area (Å²) in [6, 6.07) is 4.99. The number of carbonyl (C=O) groups is 2. The Hall–Kier alpha value is -2.15. The monoisotopic (exact) mass is 350 g/mol. The maximum Gasteiger partial charge on any atom is 0.315 e. The van der Waals surface area contributed by atoms with Gasteiger partial charge < -0.3 is 21.3 Å². The van der Waals surface area contributed by atoms with E-state index < -0.39 is 12.1 Å². The van der Waals surface area contributed by atoms with E-state index in [9.17, 15) is 14.0 Å². The van der Waals surface area contributed by atoms with Crippen molar-refractivity contribution in [1.82, 2.24) is 21.3 Å². The molecule has 0 spiro atoms. The van der Waals surface area contributed by atoms with Crippen LogP contribution in [-0.4, -0.2) is 37.1 Å². The van der Waals surface area contributed by atoms with E-state index in [1.54, 1.807) is 12.1 Å². The first kappa shape index (κ1) is 19.2. The van der Waals surface area contributed by atoms with Gasteiger partial charge in [0.25, 0.3) is 0 Å². The quantitative estimate of drug-likeness (QED) is 0.628. The molecule has 1 aliphatic heterocycles. The molecular formula is C18H27FN4O2. The molecule has 1 heterocycles. The van der Waals surface area contributed by atoms with Crippen LogP contribution >= 0.6 is 0 Å². The number of piperidine rings is 1. The number of amides is 3. The molecule has 1 aromatic carbocycles. The fraction of sp³-hybridized carbons (Fsp3) is 0.556. The fourth-order valence-corrected chi connectivity index (χ4v) is 2.78. The summed E-state index contributed by atoms with van der Waals surface area (Å²) in [6.45, 7) is 5.79. The molecule has 0 saturated carbocycles. The average Bonchev–Trinajstić information content (AvgIpc) is 2.59. The Morgan fingerprint density at radius 2 is 2.00 bits per heavy atom. The highest BCUT2D eigenvalue weighted by Crippen LogP contribution is 2.06. The van der Waals surface area contributed by atoms with Gasteiger partial charge in [-0.15, -0.1) is 0 Å².